The van der Waals surface area contributed by atoms with Crippen LogP contribution in [0.25, 0.3) is 0 Å². The number of carbonyl (C=O) groups excluding carboxylic acids is 2. The Kier molecular flexibility index (Phi) is 7.74. The molecular formula is C12H21NO5. The van der Waals surface area contributed by atoms with Gasteiger partial charge in [0.05, 0.1) is 7.11 Å². The highest BCUT2D eigenvalue weighted by atomic mass is 16.5. The molecule has 0 aromatic rings. The average molecular weight is 259 g/mol. The van der Waals surface area contributed by atoms with Gasteiger partial charge in [0.25, 0.3) is 0 Å². The number of aliphatic carboxylic acids is 1. The summed E-state index contributed by atoms with van der Waals surface area (Å²) in [6, 6.07) is -0.651. The van der Waals surface area contributed by atoms with Gasteiger partial charge in [0.1, 0.15) is 6.04 Å². The molecule has 1 amide bonds. The Labute approximate surface area is 107 Å². The molecule has 0 aliphatic rings. The fourth-order valence-corrected chi connectivity index (χ4v) is 1.43. The average Bonchev–Trinajstić information content (AvgIpc) is 2.30. The molecule has 0 rings (SSSR count). The van der Waals surface area contributed by atoms with Crippen LogP contribution in [-0.4, -0.2) is 36.1 Å². The number of rotatable bonds is 8. The van der Waals surface area contributed by atoms with Gasteiger partial charge in [0, 0.05) is 12.8 Å². The Hall–Kier alpha value is -1.59. The van der Waals surface area contributed by atoms with Crippen LogP contribution in [0.4, 0.5) is 0 Å². The van der Waals surface area contributed by atoms with Crippen molar-refractivity contribution >= 4 is 17.8 Å². The van der Waals surface area contributed by atoms with Gasteiger partial charge < -0.3 is 15.2 Å². The zero-order valence-corrected chi connectivity index (χ0v) is 11.1. The highest BCUT2D eigenvalue weighted by Crippen LogP contribution is 2.05. The van der Waals surface area contributed by atoms with E-state index in [4.69, 9.17) is 5.11 Å². The SMILES string of the molecule is COC(=O)C(NC(=O)CCCCC(=O)O)C(C)C. The highest BCUT2D eigenvalue weighted by Gasteiger charge is 2.24. The molecule has 0 radical (unpaired) electrons. The lowest BCUT2D eigenvalue weighted by atomic mass is 10.0. The molecule has 0 aromatic heterocycles. The Morgan fingerprint density at radius 2 is 1.72 bits per heavy atom. The Balaban J connectivity index is 4.03. The molecule has 0 saturated heterocycles. The molecule has 6 nitrogen and oxygen atoms in total. The van der Waals surface area contributed by atoms with E-state index >= 15 is 0 Å². The normalized spacial score (nSPS) is 12.0. The van der Waals surface area contributed by atoms with Crippen LogP contribution >= 0.6 is 0 Å². The number of hydrogen-bond donors (Lipinski definition) is 2. The minimum atomic E-state index is -0.870. The summed E-state index contributed by atoms with van der Waals surface area (Å²) in [6.45, 7) is 3.62. The Morgan fingerprint density at radius 1 is 1.17 bits per heavy atom. The van der Waals surface area contributed by atoms with E-state index in [-0.39, 0.29) is 24.7 Å². The van der Waals surface area contributed by atoms with Gasteiger partial charge in [-0.05, 0) is 18.8 Å². The van der Waals surface area contributed by atoms with Crippen molar-refractivity contribution in [2.45, 2.75) is 45.6 Å². The van der Waals surface area contributed by atoms with Crippen LogP contribution in [0.15, 0.2) is 0 Å². The van der Waals surface area contributed by atoms with Crippen LogP contribution in [0.3, 0.4) is 0 Å². The summed E-state index contributed by atoms with van der Waals surface area (Å²) in [5.41, 5.74) is 0. The van der Waals surface area contributed by atoms with Crippen molar-refractivity contribution in [3.63, 3.8) is 0 Å². The molecule has 104 valence electrons. The molecule has 0 saturated carbocycles. The molecule has 0 aliphatic carbocycles. The smallest absolute Gasteiger partial charge is 0.328 e. The zero-order valence-electron chi connectivity index (χ0n) is 11.1. The van der Waals surface area contributed by atoms with Crippen LogP contribution in [0, 0.1) is 5.92 Å². The molecule has 1 unspecified atom stereocenters. The van der Waals surface area contributed by atoms with Gasteiger partial charge in [-0.15, -0.1) is 0 Å². The van der Waals surface area contributed by atoms with Crippen LogP contribution in [0.1, 0.15) is 39.5 Å². The fourth-order valence-electron chi connectivity index (χ4n) is 1.43. The summed E-state index contributed by atoms with van der Waals surface area (Å²) in [6.07, 6.45) is 1.21. The Bertz CT molecular complexity index is 301. The van der Waals surface area contributed by atoms with E-state index in [1.54, 1.807) is 0 Å². The molecular weight excluding hydrogens is 238 g/mol. The van der Waals surface area contributed by atoms with E-state index in [2.05, 4.69) is 10.1 Å². The predicted molar refractivity (Wildman–Crippen MR) is 64.9 cm³/mol. The molecule has 1 atom stereocenters. The first-order chi connectivity index (χ1) is 8.38. The van der Waals surface area contributed by atoms with Crippen molar-refractivity contribution in [1.82, 2.24) is 5.32 Å². The molecule has 18 heavy (non-hydrogen) atoms. The number of esters is 1. The molecule has 0 fully saturated rings. The number of amides is 1. The number of carbonyl (C=O) groups is 3. The predicted octanol–water partition coefficient (Wildman–Crippen LogP) is 0.945. The first-order valence-corrected chi connectivity index (χ1v) is 5.97. The standard InChI is InChI=1S/C12H21NO5/c1-8(2)11(12(17)18-3)13-9(14)6-4-5-7-10(15)16/h8,11H,4-7H2,1-3H3,(H,13,14)(H,15,16). The van der Waals surface area contributed by atoms with Crippen LogP contribution in [0.2, 0.25) is 0 Å². The first kappa shape index (κ1) is 16.4. The van der Waals surface area contributed by atoms with Crippen molar-refractivity contribution in [3.8, 4) is 0 Å². The second-order valence-electron chi connectivity index (χ2n) is 4.41. The first-order valence-electron chi connectivity index (χ1n) is 5.97. The van der Waals surface area contributed by atoms with Crippen LogP contribution in [-0.2, 0) is 19.1 Å². The molecule has 0 aliphatic heterocycles. The van der Waals surface area contributed by atoms with E-state index in [0.717, 1.165) is 0 Å². The number of carboxylic acid groups (broad SMARTS) is 1. The van der Waals surface area contributed by atoms with Crippen molar-refractivity contribution in [3.05, 3.63) is 0 Å². The van der Waals surface area contributed by atoms with E-state index < -0.39 is 18.0 Å². The largest absolute Gasteiger partial charge is 0.481 e. The number of hydrogen-bond acceptors (Lipinski definition) is 4. The number of methoxy groups -OCH3 is 1. The van der Waals surface area contributed by atoms with Crippen LogP contribution in [0.5, 0.6) is 0 Å². The monoisotopic (exact) mass is 259 g/mol. The summed E-state index contributed by atoms with van der Waals surface area (Å²) in [7, 11) is 1.27. The molecule has 0 spiro atoms. The highest BCUT2D eigenvalue weighted by molar-refractivity contribution is 5.84. The van der Waals surface area contributed by atoms with Gasteiger partial charge in [0.2, 0.25) is 5.91 Å². The molecule has 6 heteroatoms. The van der Waals surface area contributed by atoms with Crippen molar-refractivity contribution in [1.29, 1.82) is 0 Å². The maximum atomic E-state index is 11.6. The van der Waals surface area contributed by atoms with Crippen molar-refractivity contribution in [2.24, 2.45) is 5.92 Å². The van der Waals surface area contributed by atoms with E-state index in [1.807, 2.05) is 13.8 Å². The van der Waals surface area contributed by atoms with E-state index in [0.29, 0.717) is 12.8 Å². The van der Waals surface area contributed by atoms with Crippen molar-refractivity contribution < 1.29 is 24.2 Å². The maximum Gasteiger partial charge on any atom is 0.328 e. The third-order valence-corrected chi connectivity index (χ3v) is 2.48. The number of carboxylic acids is 1. The maximum absolute atomic E-state index is 11.6. The molecule has 0 bridgehead atoms. The zero-order chi connectivity index (χ0) is 14.1. The fraction of sp³-hybridized carbons (Fsp3) is 0.750. The number of nitrogens with one attached hydrogen (secondary N) is 1. The third kappa shape index (κ3) is 6.88. The van der Waals surface area contributed by atoms with Gasteiger partial charge in [-0.25, -0.2) is 4.79 Å². The van der Waals surface area contributed by atoms with Gasteiger partial charge >= 0.3 is 11.9 Å². The van der Waals surface area contributed by atoms with Gasteiger partial charge in [-0.3, -0.25) is 9.59 Å². The molecule has 0 heterocycles. The summed E-state index contributed by atoms with van der Waals surface area (Å²) in [5.74, 6) is -1.65. The number of ether oxygens (including phenoxy) is 1. The lowest BCUT2D eigenvalue weighted by molar-refractivity contribution is -0.146. The lowest BCUT2D eigenvalue weighted by Gasteiger charge is -2.19. The summed E-state index contributed by atoms with van der Waals surface area (Å²) >= 11 is 0. The summed E-state index contributed by atoms with van der Waals surface area (Å²) in [4.78, 5) is 33.2. The minimum absolute atomic E-state index is 0.0535. The minimum Gasteiger partial charge on any atom is -0.481 e. The number of unbranched alkanes of at least 4 members (excludes halogenated alkanes) is 1. The third-order valence-electron chi connectivity index (χ3n) is 2.48. The van der Waals surface area contributed by atoms with E-state index in [9.17, 15) is 14.4 Å². The van der Waals surface area contributed by atoms with E-state index in [1.165, 1.54) is 7.11 Å². The molecule has 0 aromatic carbocycles. The van der Waals surface area contributed by atoms with Crippen molar-refractivity contribution in [2.75, 3.05) is 7.11 Å². The second kappa shape index (κ2) is 8.49. The van der Waals surface area contributed by atoms with Gasteiger partial charge in [-0.1, -0.05) is 13.8 Å². The quantitative estimate of drug-likeness (QED) is 0.500. The lowest BCUT2D eigenvalue weighted by Crippen LogP contribution is -2.44. The Morgan fingerprint density at radius 3 is 2.17 bits per heavy atom. The summed E-state index contributed by atoms with van der Waals surface area (Å²) in [5, 5.41) is 11.0. The summed E-state index contributed by atoms with van der Waals surface area (Å²) < 4.78 is 4.60. The molecule has 2 N–H and O–H groups in total. The van der Waals surface area contributed by atoms with Gasteiger partial charge in [-0.2, -0.15) is 0 Å². The second-order valence-corrected chi connectivity index (χ2v) is 4.41. The van der Waals surface area contributed by atoms with Crippen LogP contribution < -0.4 is 5.32 Å². The topological polar surface area (TPSA) is 92.7 Å². The van der Waals surface area contributed by atoms with Gasteiger partial charge in [0.15, 0.2) is 0 Å².